The molecular weight excluding hydrogens is 765 g/mol. The van der Waals surface area contributed by atoms with Crippen LogP contribution in [0.1, 0.15) is 304 Å². The van der Waals surface area contributed by atoms with Crippen LogP contribution in [0.3, 0.4) is 0 Å². The van der Waals surface area contributed by atoms with Gasteiger partial charge in [0.15, 0.2) is 0 Å². The van der Waals surface area contributed by atoms with E-state index in [9.17, 15) is 19.2 Å². The van der Waals surface area contributed by atoms with Crippen LogP contribution in [0.25, 0.3) is 0 Å². The lowest BCUT2D eigenvalue weighted by molar-refractivity contribution is -0.365. The molecule has 8 nitrogen and oxygen atoms in total. The first kappa shape index (κ1) is 58.9. The zero-order valence-corrected chi connectivity index (χ0v) is 41.0. The van der Waals surface area contributed by atoms with Gasteiger partial charge in [-0.05, 0) is 32.1 Å². The summed E-state index contributed by atoms with van der Waals surface area (Å²) in [6.45, 7) is 10.8. The molecule has 0 heterocycles. The van der Waals surface area contributed by atoms with Gasteiger partial charge in [0.25, 0.3) is 0 Å². The lowest BCUT2D eigenvalue weighted by atomic mass is 10.1. The lowest BCUT2D eigenvalue weighted by Gasteiger charge is -2.36. The highest BCUT2D eigenvalue weighted by Crippen LogP contribution is 2.31. The molecule has 0 aromatic heterocycles. The molecule has 0 spiro atoms. The van der Waals surface area contributed by atoms with Crippen molar-refractivity contribution in [3.05, 3.63) is 0 Å². The summed E-state index contributed by atoms with van der Waals surface area (Å²) in [7, 11) is 0. The quantitative estimate of drug-likeness (QED) is 0.0338. The highest BCUT2D eigenvalue weighted by Gasteiger charge is 2.53. The van der Waals surface area contributed by atoms with E-state index in [4.69, 9.17) is 18.9 Å². The predicted octanol–water partition coefficient (Wildman–Crippen LogP) is 16.7. The molecule has 0 aliphatic carbocycles. The number of carbonyl (C=O) groups excluding carboxylic acids is 4. The van der Waals surface area contributed by atoms with Gasteiger partial charge in [-0.1, -0.05) is 247 Å². The number of unbranched alkanes of at least 4 members (excludes halogenated alkanes) is 32. The van der Waals surface area contributed by atoms with Gasteiger partial charge < -0.3 is 18.9 Å². The Morgan fingerprint density at radius 2 is 0.508 bits per heavy atom. The van der Waals surface area contributed by atoms with Gasteiger partial charge in [-0.2, -0.15) is 0 Å². The van der Waals surface area contributed by atoms with Crippen molar-refractivity contribution < 1.29 is 38.1 Å². The number of rotatable bonds is 47. The maximum atomic E-state index is 13.7. The van der Waals surface area contributed by atoms with Crippen molar-refractivity contribution in [1.82, 2.24) is 0 Å². The highest BCUT2D eigenvalue weighted by atomic mass is 16.9. The predicted molar refractivity (Wildman–Crippen MR) is 253 cm³/mol. The molecule has 0 N–H and O–H groups in total. The lowest BCUT2D eigenvalue weighted by Crippen LogP contribution is -2.55. The van der Waals surface area contributed by atoms with Crippen molar-refractivity contribution >= 4 is 23.9 Å². The van der Waals surface area contributed by atoms with E-state index in [1.54, 1.807) is 0 Å². The zero-order valence-electron chi connectivity index (χ0n) is 41.0. The average molecular weight is 865 g/mol. The van der Waals surface area contributed by atoms with Crippen LogP contribution in [-0.2, 0) is 38.1 Å². The molecule has 1 unspecified atom stereocenters. The molecule has 0 rings (SSSR count). The van der Waals surface area contributed by atoms with Crippen LogP contribution in [0.2, 0.25) is 0 Å². The number of esters is 4. The van der Waals surface area contributed by atoms with E-state index in [-0.39, 0.29) is 32.1 Å². The molecule has 0 amide bonds. The zero-order chi connectivity index (χ0) is 44.9. The van der Waals surface area contributed by atoms with E-state index in [2.05, 4.69) is 27.7 Å². The van der Waals surface area contributed by atoms with Gasteiger partial charge in [-0.15, -0.1) is 0 Å². The third-order valence-corrected chi connectivity index (χ3v) is 11.9. The number of hydrogen-bond acceptors (Lipinski definition) is 8. The second kappa shape index (κ2) is 44.5. The van der Waals surface area contributed by atoms with Crippen molar-refractivity contribution in [2.24, 2.45) is 0 Å². The number of ether oxygens (including phenoxy) is 4. The monoisotopic (exact) mass is 865 g/mol. The Balaban J connectivity index is 5.94. The molecule has 8 heteroatoms. The van der Waals surface area contributed by atoms with E-state index in [0.717, 1.165) is 77.0 Å². The highest BCUT2D eigenvalue weighted by molar-refractivity contribution is 5.74. The molecule has 0 saturated heterocycles. The summed E-state index contributed by atoms with van der Waals surface area (Å²) in [6.07, 6.45) is 39.5. The van der Waals surface area contributed by atoms with Crippen LogP contribution in [0, 0.1) is 0 Å². The van der Waals surface area contributed by atoms with E-state index in [1.165, 1.54) is 128 Å². The normalized spacial score (nSPS) is 12.0. The number of hydrogen-bond donors (Lipinski definition) is 0. The van der Waals surface area contributed by atoms with Crippen LogP contribution in [0.15, 0.2) is 0 Å². The van der Waals surface area contributed by atoms with Gasteiger partial charge in [0, 0.05) is 25.7 Å². The summed E-state index contributed by atoms with van der Waals surface area (Å²) in [5, 5.41) is 0. The van der Waals surface area contributed by atoms with Crippen LogP contribution in [0.5, 0.6) is 0 Å². The Morgan fingerprint density at radius 3 is 0.738 bits per heavy atom. The molecule has 1 atom stereocenters. The Hall–Kier alpha value is -2.12. The Bertz CT molecular complexity index is 924. The van der Waals surface area contributed by atoms with Gasteiger partial charge in [0.05, 0.1) is 0 Å². The van der Waals surface area contributed by atoms with Crippen LogP contribution >= 0.6 is 0 Å². The van der Waals surface area contributed by atoms with Crippen molar-refractivity contribution in [1.29, 1.82) is 0 Å². The van der Waals surface area contributed by atoms with Crippen molar-refractivity contribution in [3.63, 3.8) is 0 Å². The first-order chi connectivity index (χ1) is 29.8. The van der Waals surface area contributed by atoms with E-state index < -0.39 is 36.0 Å². The van der Waals surface area contributed by atoms with E-state index in [1.807, 2.05) is 6.92 Å². The summed E-state index contributed by atoms with van der Waals surface area (Å²) in [5.74, 6) is -4.79. The topological polar surface area (TPSA) is 105 Å². The van der Waals surface area contributed by atoms with Crippen molar-refractivity contribution in [3.8, 4) is 0 Å². The molecule has 0 radical (unpaired) electrons. The summed E-state index contributed by atoms with van der Waals surface area (Å²) < 4.78 is 24.2. The van der Waals surface area contributed by atoms with Crippen LogP contribution in [0.4, 0.5) is 0 Å². The first-order valence-electron chi connectivity index (χ1n) is 26.6. The molecular formula is C53H100O8. The molecule has 0 aliphatic rings. The van der Waals surface area contributed by atoms with Crippen LogP contribution < -0.4 is 0 Å². The SMILES string of the molecule is CCCCCCCCCCCC(=O)OC(CCC)C(OC(=O)CCCCCCCCCCC)(OC(=O)CCCCCCCCCCC)OC(=O)CCCCCCCCCCC. The largest absolute Gasteiger partial charge is 0.463 e. The van der Waals surface area contributed by atoms with Gasteiger partial charge in [0.1, 0.15) is 0 Å². The van der Waals surface area contributed by atoms with Gasteiger partial charge in [-0.3, -0.25) is 19.2 Å². The molecule has 0 aliphatic heterocycles. The maximum absolute atomic E-state index is 13.7. The minimum atomic E-state index is -2.47. The number of carbonyl (C=O) groups is 4. The fourth-order valence-electron chi connectivity index (χ4n) is 8.00. The maximum Gasteiger partial charge on any atom is 0.463 e. The fraction of sp³-hybridized carbons (Fsp3) is 0.925. The second-order valence-corrected chi connectivity index (χ2v) is 18.1. The molecule has 0 bridgehead atoms. The summed E-state index contributed by atoms with van der Waals surface area (Å²) in [5.41, 5.74) is 0. The second-order valence-electron chi connectivity index (χ2n) is 18.1. The van der Waals surface area contributed by atoms with Gasteiger partial charge in [-0.25, -0.2) is 0 Å². The van der Waals surface area contributed by atoms with Crippen LogP contribution in [-0.4, -0.2) is 36.0 Å². The summed E-state index contributed by atoms with van der Waals surface area (Å²) in [4.78, 5) is 54.5. The standard InChI is InChI=1S/C53H100O8/c1-6-11-15-19-23-27-31-35-39-44-49(54)58-48(43-10-5)53(59-50(55)45-40-36-32-28-24-20-16-12-7-2,60-51(56)46-41-37-33-29-25-21-17-13-8-3)61-52(57)47-42-38-34-30-26-22-18-14-9-4/h48H,6-47H2,1-5H3. The third kappa shape index (κ3) is 37.0. The molecule has 0 aromatic carbocycles. The summed E-state index contributed by atoms with van der Waals surface area (Å²) >= 11 is 0. The third-order valence-electron chi connectivity index (χ3n) is 11.9. The average Bonchev–Trinajstić information content (AvgIpc) is 3.23. The Morgan fingerprint density at radius 1 is 0.295 bits per heavy atom. The molecule has 360 valence electrons. The Labute approximate surface area is 377 Å². The minimum Gasteiger partial charge on any atom is -0.449 e. The van der Waals surface area contributed by atoms with Gasteiger partial charge >= 0.3 is 29.9 Å². The van der Waals surface area contributed by atoms with Gasteiger partial charge in [0.2, 0.25) is 6.10 Å². The van der Waals surface area contributed by atoms with E-state index >= 15 is 0 Å². The molecule has 0 fully saturated rings. The fourth-order valence-corrected chi connectivity index (χ4v) is 8.00. The van der Waals surface area contributed by atoms with E-state index in [0.29, 0.717) is 32.1 Å². The van der Waals surface area contributed by atoms with Crippen molar-refractivity contribution in [2.45, 2.75) is 316 Å². The van der Waals surface area contributed by atoms with Crippen molar-refractivity contribution in [2.75, 3.05) is 0 Å². The molecule has 0 saturated carbocycles. The Kier molecular flexibility index (Phi) is 42.9. The molecule has 61 heavy (non-hydrogen) atoms. The first-order valence-corrected chi connectivity index (χ1v) is 26.6. The smallest absolute Gasteiger partial charge is 0.449 e. The minimum absolute atomic E-state index is 0.0917. The summed E-state index contributed by atoms with van der Waals surface area (Å²) in [6, 6.07) is 0. The molecule has 0 aromatic rings.